The number of hydrogen-bond acceptors (Lipinski definition) is 8. The van der Waals surface area contributed by atoms with Crippen LogP contribution >= 0.6 is 11.6 Å². The normalized spacial score (nSPS) is 15.3. The molecule has 4 aromatic rings. The maximum atomic E-state index is 13.6. The summed E-state index contributed by atoms with van der Waals surface area (Å²) in [7, 11) is -3.02. The molecule has 2 aromatic carbocycles. The van der Waals surface area contributed by atoms with Crippen molar-refractivity contribution in [2.45, 2.75) is 19.1 Å². The molecule has 1 unspecified atom stereocenters. The molecule has 0 amide bonds. The molecule has 8 nitrogen and oxygen atoms in total. The lowest BCUT2D eigenvalue weighted by Crippen LogP contribution is -2.21. The first kappa shape index (κ1) is 27.8. The van der Waals surface area contributed by atoms with Gasteiger partial charge in [0.2, 0.25) is 0 Å². The second-order valence-electron chi connectivity index (χ2n) is 9.48. The van der Waals surface area contributed by atoms with E-state index in [1.807, 2.05) is 42.5 Å². The number of aromatic nitrogens is 2. The van der Waals surface area contributed by atoms with Crippen molar-refractivity contribution in [3.63, 3.8) is 0 Å². The zero-order valence-electron chi connectivity index (χ0n) is 21.7. The van der Waals surface area contributed by atoms with Crippen LogP contribution in [0.1, 0.15) is 12.2 Å². The highest BCUT2D eigenvalue weighted by atomic mass is 35.5. The molecule has 2 N–H and O–H groups in total. The van der Waals surface area contributed by atoms with Crippen molar-refractivity contribution < 1.29 is 22.0 Å². The number of furan rings is 1. The van der Waals surface area contributed by atoms with Crippen LogP contribution in [0.15, 0.2) is 83.1 Å². The van der Waals surface area contributed by atoms with E-state index in [-0.39, 0.29) is 12.4 Å². The van der Waals surface area contributed by atoms with Gasteiger partial charge in [-0.25, -0.2) is 22.8 Å². The van der Waals surface area contributed by atoms with Crippen molar-refractivity contribution in [2.75, 3.05) is 30.5 Å². The second kappa shape index (κ2) is 12.2. The predicted molar refractivity (Wildman–Crippen MR) is 156 cm³/mol. The van der Waals surface area contributed by atoms with Crippen LogP contribution in [0.2, 0.25) is 5.02 Å². The molecule has 0 spiro atoms. The van der Waals surface area contributed by atoms with Crippen molar-refractivity contribution in [1.29, 1.82) is 0 Å². The van der Waals surface area contributed by atoms with Crippen molar-refractivity contribution in [3.8, 4) is 17.1 Å². The van der Waals surface area contributed by atoms with Gasteiger partial charge in [-0.15, -0.1) is 0 Å². The Kier molecular flexibility index (Phi) is 8.49. The standard InChI is InChI=1S/C29H28ClFN4O4S/c1-40(36,37)12-11-32-16-23-7-10-27(39-23)20-5-8-26-24(14-20)29(34-18-33-26)35-22-6-9-28(25(30)15-22)38-17-19-3-2-4-21(31)13-19/h2-3,5-10,13-15,18,21,32H,4,11-12,16-17H2,1H3,(H,33,34,35). The third-order valence-electron chi connectivity index (χ3n) is 6.21. The fourth-order valence-corrected chi connectivity index (χ4v) is 4.95. The summed E-state index contributed by atoms with van der Waals surface area (Å²) in [4.78, 5) is 8.81. The van der Waals surface area contributed by atoms with Gasteiger partial charge in [-0.3, -0.25) is 0 Å². The van der Waals surface area contributed by atoms with E-state index in [0.29, 0.717) is 53.3 Å². The summed E-state index contributed by atoms with van der Waals surface area (Å²) in [5.74, 6) is 2.53. The Morgan fingerprint density at radius 3 is 2.83 bits per heavy atom. The average Bonchev–Trinajstić information content (AvgIpc) is 3.39. The molecule has 1 aliphatic carbocycles. The minimum Gasteiger partial charge on any atom is -0.487 e. The summed E-state index contributed by atoms with van der Waals surface area (Å²) < 4.78 is 47.9. The zero-order valence-corrected chi connectivity index (χ0v) is 23.3. The lowest BCUT2D eigenvalue weighted by Gasteiger charge is -2.14. The Morgan fingerprint density at radius 1 is 1.15 bits per heavy atom. The molecule has 0 aliphatic heterocycles. The van der Waals surface area contributed by atoms with E-state index in [2.05, 4.69) is 20.6 Å². The van der Waals surface area contributed by atoms with Gasteiger partial charge in [0.1, 0.15) is 52.0 Å². The third-order valence-corrected chi connectivity index (χ3v) is 7.45. The Morgan fingerprint density at radius 2 is 2.02 bits per heavy atom. The van der Waals surface area contributed by atoms with Gasteiger partial charge in [-0.05, 0) is 60.2 Å². The molecule has 0 fully saturated rings. The molecular weight excluding hydrogens is 555 g/mol. The van der Waals surface area contributed by atoms with Gasteiger partial charge in [0.25, 0.3) is 0 Å². The van der Waals surface area contributed by atoms with E-state index in [1.54, 1.807) is 24.3 Å². The summed E-state index contributed by atoms with van der Waals surface area (Å²) in [6, 6.07) is 14.8. The highest BCUT2D eigenvalue weighted by Crippen LogP contribution is 2.33. The van der Waals surface area contributed by atoms with Gasteiger partial charge in [-0.2, -0.15) is 0 Å². The summed E-state index contributed by atoms with van der Waals surface area (Å²) >= 11 is 6.48. The Hall–Kier alpha value is -3.73. The molecule has 5 rings (SSSR count). The van der Waals surface area contributed by atoms with Gasteiger partial charge in [-0.1, -0.05) is 23.8 Å². The Labute approximate surface area is 236 Å². The number of hydrogen-bond donors (Lipinski definition) is 2. The number of benzene rings is 2. The van der Waals surface area contributed by atoms with Gasteiger partial charge in [0.05, 0.1) is 22.8 Å². The van der Waals surface area contributed by atoms with Crippen LogP contribution in [0.3, 0.4) is 0 Å². The highest BCUT2D eigenvalue weighted by Gasteiger charge is 2.12. The van der Waals surface area contributed by atoms with Crippen LogP contribution in [0.25, 0.3) is 22.2 Å². The highest BCUT2D eigenvalue weighted by molar-refractivity contribution is 7.90. The number of halogens is 2. The second-order valence-corrected chi connectivity index (χ2v) is 12.1. The molecule has 208 valence electrons. The number of allylic oxidation sites excluding steroid dienone is 2. The maximum absolute atomic E-state index is 13.6. The summed E-state index contributed by atoms with van der Waals surface area (Å²) in [6.07, 6.45) is 7.31. The number of anilines is 2. The molecule has 0 radical (unpaired) electrons. The first-order valence-corrected chi connectivity index (χ1v) is 15.1. The van der Waals surface area contributed by atoms with Gasteiger partial charge >= 0.3 is 0 Å². The Balaban J connectivity index is 1.28. The Bertz CT molecular complexity index is 1690. The van der Waals surface area contributed by atoms with E-state index in [1.165, 1.54) is 12.6 Å². The first-order chi connectivity index (χ1) is 19.2. The van der Waals surface area contributed by atoms with Crippen LogP contribution < -0.4 is 15.4 Å². The predicted octanol–water partition coefficient (Wildman–Crippen LogP) is 6.02. The zero-order chi connectivity index (χ0) is 28.1. The number of rotatable bonds is 11. The van der Waals surface area contributed by atoms with Gasteiger partial charge in [0, 0.05) is 35.9 Å². The van der Waals surface area contributed by atoms with E-state index in [4.69, 9.17) is 20.8 Å². The lowest BCUT2D eigenvalue weighted by atomic mass is 10.1. The molecule has 40 heavy (non-hydrogen) atoms. The SMILES string of the molecule is CS(=O)(=O)CCNCc1ccc(-c2ccc3ncnc(Nc4ccc(OCC5=CC(F)CC=C5)c(Cl)c4)c3c2)o1. The van der Waals surface area contributed by atoms with E-state index >= 15 is 0 Å². The van der Waals surface area contributed by atoms with E-state index in [9.17, 15) is 12.8 Å². The topological polar surface area (TPSA) is 106 Å². The molecule has 2 heterocycles. The van der Waals surface area contributed by atoms with Crippen LogP contribution in [0, 0.1) is 0 Å². The van der Waals surface area contributed by atoms with Crippen LogP contribution in [0.5, 0.6) is 5.75 Å². The van der Waals surface area contributed by atoms with E-state index < -0.39 is 16.0 Å². The number of fused-ring (bicyclic) bond motifs is 1. The smallest absolute Gasteiger partial charge is 0.148 e. The summed E-state index contributed by atoms with van der Waals surface area (Å²) in [5, 5.41) is 7.58. The van der Waals surface area contributed by atoms with Crippen molar-refractivity contribution in [2.24, 2.45) is 0 Å². The van der Waals surface area contributed by atoms with Crippen LogP contribution in [-0.2, 0) is 16.4 Å². The largest absolute Gasteiger partial charge is 0.487 e. The third kappa shape index (κ3) is 7.26. The quantitative estimate of drug-likeness (QED) is 0.207. The van der Waals surface area contributed by atoms with E-state index in [0.717, 1.165) is 22.0 Å². The molecular formula is C29H28ClFN4O4S. The van der Waals surface area contributed by atoms with Gasteiger partial charge in [0.15, 0.2) is 0 Å². The van der Waals surface area contributed by atoms with Crippen LogP contribution in [0.4, 0.5) is 15.9 Å². The number of ether oxygens (including phenoxy) is 1. The number of sulfone groups is 1. The molecule has 0 saturated heterocycles. The molecule has 1 aliphatic rings. The molecule has 0 bridgehead atoms. The minimum absolute atomic E-state index is 0.0682. The average molecular weight is 583 g/mol. The fourth-order valence-electron chi connectivity index (χ4n) is 4.20. The summed E-state index contributed by atoms with van der Waals surface area (Å²) in [5.41, 5.74) is 3.08. The molecule has 1 atom stereocenters. The number of nitrogens with zero attached hydrogens (tertiary/aromatic N) is 2. The fraction of sp³-hybridized carbons (Fsp3) is 0.241. The molecule has 2 aromatic heterocycles. The maximum Gasteiger partial charge on any atom is 0.148 e. The lowest BCUT2D eigenvalue weighted by molar-refractivity contribution is 0.347. The minimum atomic E-state index is -3.02. The molecule has 0 saturated carbocycles. The summed E-state index contributed by atoms with van der Waals surface area (Å²) in [6.45, 7) is 1.00. The number of nitrogens with one attached hydrogen (secondary N) is 2. The monoisotopic (exact) mass is 582 g/mol. The van der Waals surface area contributed by atoms with Crippen molar-refractivity contribution in [1.82, 2.24) is 15.3 Å². The molecule has 11 heteroatoms. The number of alkyl halides is 1. The van der Waals surface area contributed by atoms with Gasteiger partial charge < -0.3 is 19.8 Å². The first-order valence-electron chi connectivity index (χ1n) is 12.7. The van der Waals surface area contributed by atoms with Crippen molar-refractivity contribution >= 4 is 43.8 Å². The van der Waals surface area contributed by atoms with Crippen molar-refractivity contribution in [3.05, 3.63) is 89.4 Å². The van der Waals surface area contributed by atoms with Crippen LogP contribution in [-0.4, -0.2) is 49.7 Å².